The molecule has 10 rings (SSSR count). The molecule has 81 heavy (non-hydrogen) atoms. The Balaban J connectivity index is 0.000000210. The van der Waals surface area contributed by atoms with E-state index >= 15 is 0 Å². The summed E-state index contributed by atoms with van der Waals surface area (Å²) in [7, 11) is 0. The van der Waals surface area contributed by atoms with Gasteiger partial charge in [-0.15, -0.1) is 52.5 Å². The molecule has 2 N–H and O–H groups in total. The number of phenolic OH excluding ortho intramolecular Hbond substituents is 2. The molecule has 0 saturated heterocycles. The molecule has 0 amide bonds. The van der Waals surface area contributed by atoms with Crippen LogP contribution in [0.15, 0.2) is 162 Å². The van der Waals surface area contributed by atoms with Crippen molar-refractivity contribution in [3.8, 4) is 67.0 Å². The number of rotatable bonds is 8. The maximum atomic E-state index is 11.2. The number of aromatic nitrogens is 2. The summed E-state index contributed by atoms with van der Waals surface area (Å²) >= 11 is 3.25. The maximum Gasteiger partial charge on any atom is 0.128 e. The summed E-state index contributed by atoms with van der Waals surface area (Å²) in [4.78, 5) is 19.9. The second kappa shape index (κ2) is 23.7. The first-order valence-electron chi connectivity index (χ1n) is 26.7. The topological polar surface area (TPSA) is 139 Å². The molecule has 8 nitrogen and oxygen atoms in total. The number of benzene rings is 8. The molecule has 0 aliphatic carbocycles. The zero-order chi connectivity index (χ0) is 57.3. The first-order valence-corrected chi connectivity index (χ1v) is 28.3. The van der Waals surface area contributed by atoms with Gasteiger partial charge in [-0.05, 0) is 105 Å². The van der Waals surface area contributed by atoms with Gasteiger partial charge in [0.25, 0.3) is 0 Å². The largest absolute Gasteiger partial charge is 0.507 e. The molecule has 11 heteroatoms. The Morgan fingerprint density at radius 1 is 0.481 bits per heavy atom. The second-order valence-electron chi connectivity index (χ2n) is 24.1. The quantitative estimate of drug-likeness (QED) is 0.115. The van der Waals surface area contributed by atoms with Gasteiger partial charge in [-0.1, -0.05) is 161 Å². The average Bonchev–Trinajstić information content (AvgIpc) is 4.07. The molecule has 0 bridgehead atoms. The minimum atomic E-state index is -0.211. The summed E-state index contributed by atoms with van der Waals surface area (Å²) in [6.07, 6.45) is 3.54. The van der Waals surface area contributed by atoms with Gasteiger partial charge in [0.05, 0.1) is 33.2 Å². The molecular formula is C70H65N6O2PtS2-. The number of thiazole rings is 2. The van der Waals surface area contributed by atoms with E-state index in [9.17, 15) is 10.2 Å². The van der Waals surface area contributed by atoms with Gasteiger partial charge in [-0.3, -0.25) is 9.98 Å². The van der Waals surface area contributed by atoms with Crippen molar-refractivity contribution in [2.24, 2.45) is 9.98 Å². The third-order valence-electron chi connectivity index (χ3n) is 14.0. The molecule has 8 aromatic carbocycles. The van der Waals surface area contributed by atoms with E-state index < -0.39 is 0 Å². The zero-order valence-electron chi connectivity index (χ0n) is 47.8. The monoisotopic (exact) mass is 1280 g/mol. The summed E-state index contributed by atoms with van der Waals surface area (Å²) in [5, 5.41) is 42.5. The molecular weight excluding hydrogens is 1220 g/mol. The predicted molar refractivity (Wildman–Crippen MR) is 335 cm³/mol. The summed E-state index contributed by atoms with van der Waals surface area (Å²) in [5.41, 5.74) is 15.4. The Bertz CT molecular complexity index is 3830. The number of nitriles is 2. The third-order valence-corrected chi connectivity index (χ3v) is 16.1. The van der Waals surface area contributed by atoms with Gasteiger partial charge in [-0.2, -0.15) is 5.26 Å². The van der Waals surface area contributed by atoms with Crippen molar-refractivity contribution in [1.82, 2.24) is 9.97 Å². The summed E-state index contributed by atoms with van der Waals surface area (Å²) in [6.45, 7) is 25.8. The third kappa shape index (κ3) is 13.2. The normalized spacial score (nSPS) is 12.1. The van der Waals surface area contributed by atoms with E-state index in [1.165, 1.54) is 0 Å². The van der Waals surface area contributed by atoms with Crippen LogP contribution in [0.2, 0.25) is 0 Å². The van der Waals surface area contributed by atoms with Crippen LogP contribution >= 0.6 is 22.7 Å². The van der Waals surface area contributed by atoms with Gasteiger partial charge in [0, 0.05) is 88.7 Å². The number of fused-ring (bicyclic) bond motifs is 2. The van der Waals surface area contributed by atoms with Gasteiger partial charge in [0.1, 0.15) is 21.5 Å². The van der Waals surface area contributed by atoms with Crippen molar-refractivity contribution in [2.45, 2.75) is 105 Å². The summed E-state index contributed by atoms with van der Waals surface area (Å²) < 4.78 is 2.15. The number of nitrogens with zero attached hydrogens (tertiary/aromatic N) is 6. The first-order chi connectivity index (χ1) is 37.9. The fourth-order valence-electron chi connectivity index (χ4n) is 9.30. The van der Waals surface area contributed by atoms with Crippen LogP contribution in [-0.4, -0.2) is 32.6 Å². The van der Waals surface area contributed by atoms with E-state index in [0.717, 1.165) is 97.5 Å². The van der Waals surface area contributed by atoms with Crippen LogP contribution in [-0.2, 0) is 42.7 Å². The molecule has 2 aromatic heterocycles. The van der Waals surface area contributed by atoms with Crippen LogP contribution in [0, 0.1) is 28.7 Å². The number of hydrogen-bond acceptors (Lipinski definition) is 10. The van der Waals surface area contributed by atoms with Gasteiger partial charge < -0.3 is 10.2 Å². The van der Waals surface area contributed by atoms with Gasteiger partial charge in [0.15, 0.2) is 0 Å². The van der Waals surface area contributed by atoms with Crippen molar-refractivity contribution < 1.29 is 31.3 Å². The van der Waals surface area contributed by atoms with Gasteiger partial charge in [-0.25, -0.2) is 15.2 Å². The van der Waals surface area contributed by atoms with E-state index in [1.54, 1.807) is 47.2 Å². The van der Waals surface area contributed by atoms with Crippen molar-refractivity contribution in [2.75, 3.05) is 0 Å². The Morgan fingerprint density at radius 2 is 0.901 bits per heavy atom. The first kappa shape index (κ1) is 59.3. The molecule has 2 heterocycles. The molecule has 0 aliphatic rings. The molecule has 0 spiro atoms. The summed E-state index contributed by atoms with van der Waals surface area (Å²) in [5.74, 6) is 0.541. The molecule has 0 fully saturated rings. The Hall–Kier alpha value is -7.85. The van der Waals surface area contributed by atoms with E-state index in [-0.39, 0.29) is 54.2 Å². The fraction of sp³-hybridized carbons (Fsp3) is 0.229. The smallest absolute Gasteiger partial charge is 0.128 e. The standard InChI is InChI=1S/C35H33N3OS.C35H32N3OS.Pt/c2*1-34(2,3)25-18-24(32(39)28(19-25)35(4,5)6)21-37-29-12-8-7-10-27(29)33-38-31-26(11-9-13-30(31)40-33)23-16-14-22(20-36)15-17-23;/h7-19,21,39H,1-6H3;7-16,18-19,21,39H,1-6H3;/q;-1;. The molecule has 10 aromatic rings. The van der Waals surface area contributed by atoms with Crippen LogP contribution in [0.3, 0.4) is 0 Å². The minimum absolute atomic E-state index is 0. The SMILES string of the molecule is CC(C)(C)c1cc(C=Nc2ccccc2-c2nc3c(-c4[c-]cc(C#N)cc4)cccc3s2)c(O)c(C(C)(C)C)c1.CC(C)(C)c1cc(C=Nc2ccccc2-c2nc3c(-c4ccc(C#N)cc4)cccc3s2)c(O)c(C(C)(C)C)c1.[Pt]. The van der Waals surface area contributed by atoms with Gasteiger partial charge in [0.2, 0.25) is 0 Å². The van der Waals surface area contributed by atoms with Crippen LogP contribution in [0.25, 0.3) is 63.8 Å². The van der Waals surface area contributed by atoms with Crippen molar-refractivity contribution in [3.05, 3.63) is 202 Å². The van der Waals surface area contributed by atoms with Crippen LogP contribution < -0.4 is 0 Å². The second-order valence-corrected chi connectivity index (χ2v) is 26.2. The molecule has 0 unspecified atom stereocenters. The Kier molecular flexibility index (Phi) is 17.3. The van der Waals surface area contributed by atoms with Crippen LogP contribution in [0.1, 0.15) is 128 Å². The molecule has 0 atom stereocenters. The Labute approximate surface area is 499 Å². The zero-order valence-corrected chi connectivity index (χ0v) is 51.7. The van der Waals surface area contributed by atoms with Crippen molar-refractivity contribution in [3.63, 3.8) is 0 Å². The molecule has 0 radical (unpaired) electrons. The maximum absolute atomic E-state index is 11.2. The number of hydrogen-bond donors (Lipinski definition) is 2. The number of aromatic hydroxyl groups is 2. The van der Waals surface area contributed by atoms with E-state index in [2.05, 4.69) is 132 Å². The predicted octanol–water partition coefficient (Wildman–Crippen LogP) is 18.9. The average molecular weight is 1280 g/mol. The minimum Gasteiger partial charge on any atom is -0.507 e. The van der Waals surface area contributed by atoms with Crippen molar-refractivity contribution >= 4 is 66.9 Å². The number of para-hydroxylation sites is 4. The number of aliphatic imine (C=N–C) groups is 2. The molecule has 0 saturated carbocycles. The van der Waals surface area contributed by atoms with Crippen molar-refractivity contribution in [1.29, 1.82) is 10.5 Å². The van der Waals surface area contributed by atoms with Crippen LogP contribution in [0.5, 0.6) is 11.5 Å². The molecule has 0 aliphatic heterocycles. The van der Waals surface area contributed by atoms with E-state index in [1.807, 2.05) is 109 Å². The summed E-state index contributed by atoms with van der Waals surface area (Å²) in [6, 6.07) is 57.2. The Morgan fingerprint density at radius 3 is 1.32 bits per heavy atom. The van der Waals surface area contributed by atoms with E-state index in [0.29, 0.717) is 22.3 Å². The van der Waals surface area contributed by atoms with E-state index in [4.69, 9.17) is 30.5 Å². The molecule has 410 valence electrons. The fourth-order valence-corrected chi connectivity index (χ4v) is 11.3. The van der Waals surface area contributed by atoms with Gasteiger partial charge >= 0.3 is 0 Å². The number of phenols is 2. The van der Waals surface area contributed by atoms with Crippen LogP contribution in [0.4, 0.5) is 11.4 Å².